The molecule has 3 heterocycles. The summed E-state index contributed by atoms with van der Waals surface area (Å²) in [6.45, 7) is 5.01. The first-order valence-electron chi connectivity index (χ1n) is 25.2. The number of aliphatic hydroxyl groups excluding tert-OH is 3. The Balaban J connectivity index is 0.839. The molecular weight excluding hydrogens is 999 g/mol. The molecular formula is C53H63BN8O15. The maximum atomic E-state index is 13.5. The molecule has 2 fully saturated rings. The number of urea groups is 1. The Labute approximate surface area is 444 Å². The number of amides is 7. The zero-order valence-corrected chi connectivity index (χ0v) is 42.3. The van der Waals surface area contributed by atoms with E-state index in [2.05, 4.69) is 31.9 Å². The van der Waals surface area contributed by atoms with Crippen molar-refractivity contribution in [1.82, 2.24) is 31.5 Å². The number of piperidine rings is 1. The summed E-state index contributed by atoms with van der Waals surface area (Å²) in [5.41, 5.74) is 10.9. The van der Waals surface area contributed by atoms with E-state index in [1.54, 1.807) is 35.2 Å². The molecule has 4 aromatic carbocycles. The number of aliphatic hydroxyl groups is 3. The van der Waals surface area contributed by atoms with Gasteiger partial charge in [0.1, 0.15) is 43.0 Å². The molecule has 7 amide bonds. The summed E-state index contributed by atoms with van der Waals surface area (Å²) in [4.78, 5) is 89.8. The van der Waals surface area contributed by atoms with Crippen LogP contribution in [0.1, 0.15) is 87.1 Å². The van der Waals surface area contributed by atoms with Crippen LogP contribution in [0.25, 0.3) is 0 Å². The van der Waals surface area contributed by atoms with Crippen LogP contribution in [0.5, 0.6) is 11.5 Å². The van der Waals surface area contributed by atoms with Crippen molar-refractivity contribution < 1.29 is 72.9 Å². The van der Waals surface area contributed by atoms with Gasteiger partial charge in [-0.05, 0) is 72.5 Å². The van der Waals surface area contributed by atoms with Gasteiger partial charge in [0.05, 0.1) is 5.56 Å². The van der Waals surface area contributed by atoms with Crippen LogP contribution in [0.15, 0.2) is 84.9 Å². The zero-order chi connectivity index (χ0) is 55.0. The number of carboxylic acid groups (broad SMARTS) is 1. The molecule has 5 unspecified atom stereocenters. The Morgan fingerprint density at radius 3 is 2.25 bits per heavy atom. The number of hydrogen-bond acceptors (Lipinski definition) is 15. The molecule has 0 aliphatic carbocycles. The normalized spacial score (nSPS) is 20.2. The van der Waals surface area contributed by atoms with E-state index in [4.69, 9.17) is 24.7 Å². The van der Waals surface area contributed by atoms with Gasteiger partial charge >= 0.3 is 157 Å². The molecule has 4 aromatic rings. The molecule has 3 aliphatic rings. The third kappa shape index (κ3) is 15.6. The Hall–Kier alpha value is -7.90. The summed E-state index contributed by atoms with van der Waals surface area (Å²) in [5.74, 6) is -2.30. The number of unbranched alkanes of at least 4 members (excludes halogenated alkanes) is 2. The van der Waals surface area contributed by atoms with Gasteiger partial charge in [-0.25, -0.2) is 9.59 Å². The topological polar surface area (TPSA) is 339 Å². The van der Waals surface area contributed by atoms with E-state index >= 15 is 0 Å². The number of nitrogens with one attached hydrogen (secondary N) is 6. The summed E-state index contributed by atoms with van der Waals surface area (Å²) >= 11 is 0. The molecule has 408 valence electrons. The van der Waals surface area contributed by atoms with Gasteiger partial charge in [-0.3, -0.25) is 9.59 Å². The number of nitrogens with two attached hydrogens (primary N) is 1. The number of rotatable bonds is 23. The van der Waals surface area contributed by atoms with Crippen LogP contribution in [0.3, 0.4) is 0 Å². The van der Waals surface area contributed by atoms with Gasteiger partial charge in [0.25, 0.3) is 5.91 Å². The number of nitrogens with zero attached hydrogens (tertiary/aromatic N) is 1. The standard InChI is InChI=1S/C53H63BN8O15/c1-54-47-39(17-19-42(64)61-47)62-27-34-23-32(10-16-37(34)49(62)69)26-58-52(72)60-35-12-14-36(15-13-35)74-28-31-8-6-30(7-9-31)25-59-53(73)75-29-33-11-18-40(76-51-45(67)43(65)44(66)46(77-51)50(70)71)38(24-33)48(68)57-22-21-56-41(63)5-3-2-4-20-55/h6-16,18,23-24,39,43-46,51,65-67H,2-5,17,19-22,25-29,55H2,1H3,(H,56,63)(H,57,68)(H,59,73)(H,61,64)(H,70,71)(H2,58,60,72)/t39?,43?,44-,45?,46?,51?/m0/s1. The summed E-state index contributed by atoms with van der Waals surface area (Å²) in [5, 5.41) is 57.0. The molecule has 2 saturated heterocycles. The number of aliphatic carboxylic acids is 1. The predicted molar refractivity (Wildman–Crippen MR) is 278 cm³/mol. The second kappa shape index (κ2) is 27.2. The van der Waals surface area contributed by atoms with Crippen LogP contribution in [-0.4, -0.2) is 136 Å². The van der Waals surface area contributed by atoms with Gasteiger partial charge in [-0.15, -0.1) is 0 Å². The van der Waals surface area contributed by atoms with Crippen molar-refractivity contribution in [1.29, 1.82) is 0 Å². The summed E-state index contributed by atoms with van der Waals surface area (Å²) < 4.78 is 22.3. The van der Waals surface area contributed by atoms with E-state index in [0.717, 1.165) is 40.7 Å². The van der Waals surface area contributed by atoms with Crippen LogP contribution in [0, 0.1) is 0 Å². The van der Waals surface area contributed by atoms with Crippen molar-refractivity contribution in [2.75, 3.05) is 25.0 Å². The fourth-order valence-corrected chi connectivity index (χ4v) is 8.75. The van der Waals surface area contributed by atoms with Gasteiger partial charge in [-0.2, -0.15) is 0 Å². The Morgan fingerprint density at radius 1 is 0.792 bits per heavy atom. The minimum atomic E-state index is -1.97. The van der Waals surface area contributed by atoms with E-state index in [9.17, 15) is 54.0 Å². The molecule has 12 N–H and O–H groups in total. The molecule has 77 heavy (non-hydrogen) atoms. The summed E-state index contributed by atoms with van der Waals surface area (Å²) in [6.07, 6.45) is -6.88. The fraction of sp³-hybridized carbons (Fsp3) is 0.396. The van der Waals surface area contributed by atoms with Gasteiger partial charge in [0, 0.05) is 26.1 Å². The van der Waals surface area contributed by atoms with E-state index < -0.39 is 54.7 Å². The van der Waals surface area contributed by atoms with Crippen LogP contribution in [-0.2, 0) is 56.7 Å². The summed E-state index contributed by atoms with van der Waals surface area (Å²) in [6, 6.07) is 23.2. The molecule has 6 atom stereocenters. The van der Waals surface area contributed by atoms with Gasteiger partial charge in [0.15, 0.2) is 6.10 Å². The molecule has 0 radical (unpaired) electrons. The molecule has 0 aromatic heterocycles. The van der Waals surface area contributed by atoms with Crippen LogP contribution >= 0.6 is 0 Å². The van der Waals surface area contributed by atoms with Gasteiger partial charge in [0.2, 0.25) is 12.2 Å². The SMILES string of the molecule is CB=C1NC(=O)CCC1N1Cc2cc(CNC(=O)Nc3ccc(OCc4ccc(CNC(=O)OCc5ccc(OC6OC(C(=O)O)[C@@H](O)C(O)C6O)c(C(=O)NCCNC(=O)CCCCCN)c5)cc4)cc3)ccc2C1=O. The number of fused-ring (bicyclic) bond motifs is 1. The molecule has 23 nitrogen and oxygen atoms in total. The van der Waals surface area contributed by atoms with Crippen LogP contribution in [0.2, 0.25) is 6.82 Å². The van der Waals surface area contributed by atoms with Crippen molar-refractivity contribution >= 4 is 59.9 Å². The molecule has 0 spiro atoms. The Morgan fingerprint density at radius 2 is 1.51 bits per heavy atom. The fourth-order valence-electron chi connectivity index (χ4n) is 8.75. The van der Waals surface area contributed by atoms with E-state index in [1.807, 2.05) is 50.1 Å². The third-order valence-electron chi connectivity index (χ3n) is 13.0. The molecule has 24 heteroatoms. The second-order valence-corrected chi connectivity index (χ2v) is 18.5. The second-order valence-electron chi connectivity index (χ2n) is 18.5. The van der Waals surface area contributed by atoms with E-state index in [0.29, 0.717) is 61.3 Å². The molecule has 0 saturated carbocycles. The molecule has 7 rings (SSSR count). The average molecular weight is 1060 g/mol. The number of anilines is 1. The number of carbonyl (C=O) groups is 7. The monoisotopic (exact) mass is 1060 g/mol. The number of alkyl carbamates (subject to hydrolysis) is 1. The van der Waals surface area contributed by atoms with Crippen molar-refractivity contribution in [3.8, 4) is 11.5 Å². The number of hydrogen-bond donors (Lipinski definition) is 11. The first kappa shape index (κ1) is 56.8. The van der Waals surface area contributed by atoms with Crippen molar-refractivity contribution in [3.05, 3.63) is 124 Å². The third-order valence-corrected chi connectivity index (χ3v) is 13.0. The quantitative estimate of drug-likeness (QED) is 0.0372. The maximum absolute atomic E-state index is 13.5. The molecule has 3 aliphatic heterocycles. The van der Waals surface area contributed by atoms with E-state index in [1.165, 1.54) is 18.2 Å². The van der Waals surface area contributed by atoms with E-state index in [-0.39, 0.29) is 74.5 Å². The summed E-state index contributed by atoms with van der Waals surface area (Å²) in [7, 11) is 0. The first-order valence-corrected chi connectivity index (χ1v) is 25.2. The Kier molecular flexibility index (Phi) is 20.1. The van der Waals surface area contributed by atoms with Crippen LogP contribution in [0.4, 0.5) is 15.3 Å². The van der Waals surface area contributed by atoms with Crippen molar-refractivity contribution in [2.45, 2.75) is 115 Å². The van der Waals surface area contributed by atoms with Crippen molar-refractivity contribution in [3.63, 3.8) is 0 Å². The van der Waals surface area contributed by atoms with Gasteiger partial charge < -0.3 is 61.1 Å². The Bertz CT molecular complexity index is 2800. The minimum absolute atomic E-state index is 0.00479. The first-order chi connectivity index (χ1) is 37.1. The molecule has 0 bridgehead atoms. The number of ether oxygens (including phenoxy) is 4. The van der Waals surface area contributed by atoms with Gasteiger partial charge in [-0.1, -0.05) is 36.8 Å². The van der Waals surface area contributed by atoms with Crippen molar-refractivity contribution in [2.24, 2.45) is 5.73 Å². The number of carboxylic acids is 1. The zero-order valence-electron chi connectivity index (χ0n) is 42.3. The van der Waals surface area contributed by atoms with Crippen LogP contribution < -0.4 is 47.1 Å². The average Bonchev–Trinajstić information content (AvgIpc) is 3.80. The number of benzene rings is 4. The number of carbonyl (C=O) groups excluding carboxylic acids is 6. The predicted octanol–water partition coefficient (Wildman–Crippen LogP) is 1.77.